The Morgan fingerprint density at radius 2 is 0.259 bits per heavy atom. The van der Waals surface area contributed by atoms with Gasteiger partial charge in [-0.05, 0) is 0 Å². The van der Waals surface area contributed by atoms with Crippen molar-refractivity contribution in [2.24, 2.45) is 5.73 Å². The van der Waals surface area contributed by atoms with E-state index in [4.69, 9.17) is 129 Å². The van der Waals surface area contributed by atoms with Crippen molar-refractivity contribution in [3.05, 3.63) is 0 Å². The molecule has 0 aromatic heterocycles. The van der Waals surface area contributed by atoms with Crippen molar-refractivity contribution in [2.75, 3.05) is 99.0 Å². The predicted octanol–water partition coefficient (Wildman–Crippen LogP) is -29.3. The Morgan fingerprint density at radius 1 is 0.136 bits per heavy atom. The molecule has 13 heterocycles. The first kappa shape index (κ1) is 121. The highest BCUT2D eigenvalue weighted by molar-refractivity contribution is 5.06. The topological polar surface area (TPSA) is 1080 Å². The van der Waals surface area contributed by atoms with Crippen molar-refractivity contribution < 1.29 is 327 Å². The van der Waals surface area contributed by atoms with Gasteiger partial charge in [-0.25, -0.2) is 0 Å². The van der Waals surface area contributed by atoms with Crippen molar-refractivity contribution in [3.8, 4) is 0 Å². The second-order valence-electron chi connectivity index (χ2n) is 37.1. The Morgan fingerprint density at radius 3 is 0.415 bits per heavy atom. The van der Waals surface area contributed by atoms with Gasteiger partial charge < -0.3 is 333 Å². The normalized spacial score (nSPS) is 53.0. The minimum atomic E-state index is -2.74. The van der Waals surface area contributed by atoms with E-state index in [9.17, 15) is 204 Å². The molecule has 0 aliphatic carbocycles. The summed E-state index contributed by atoms with van der Waals surface area (Å²) in [4.78, 5) is 0. The first-order valence-electron chi connectivity index (χ1n) is 46.9. The van der Waals surface area contributed by atoms with Gasteiger partial charge in [-0.2, -0.15) is 0 Å². The molecule has 0 aromatic carbocycles. The van der Waals surface area contributed by atoms with Gasteiger partial charge in [0.15, 0.2) is 81.8 Å². The molecule has 13 aliphatic heterocycles. The van der Waals surface area contributed by atoms with Gasteiger partial charge in [0.05, 0.1) is 92.5 Å². The second-order valence-corrected chi connectivity index (χ2v) is 37.1. The molecule has 0 saturated carbocycles. The molecule has 13 rings (SSSR count). The van der Waals surface area contributed by atoms with E-state index in [2.05, 4.69) is 0 Å². The fourth-order valence-electron chi connectivity index (χ4n) is 19.1. The molecule has 13 saturated heterocycles. The number of nitrogens with two attached hydrogens (primary N) is 1. The SMILES string of the molecule is NCCO[C@@H]1O[C@H](CO)[C@@H](O)[C@H](O[C@@H]2O[C@H](CO)[C@@H](O)[C@H](O[C@@H]3O[C@H](CO)[C@@H](O)[C@H](O[C@@H]4O[C@H](CO)[C@@H](O)[C@H](O[C@@H]5O[C@H](CO[C@@H]6O[C@H](CO)[C@@H](O)[C@H](O[C@@H]7O[C@H](CO)[C@@H](O)[C@H](O[C@@H]8O[C@H](CO)[C@@H](O)[C@H](O[C@@H]9O[C@H](CO)[C@@H](O)[C@H](O)[C@H]9O)[C@H]8O)[C@H]7O)[C@H]6O)[C@@H](O)[C@H](O[C@@H]6O[C@H](CO)[C@@H](O)[C@H](O[C@@H]7O[C@H](CO)[C@@H](O)[C@H](O[C@@H]8O[C@H](CO)[C@@H](O)[C@H](O[C@@H]9O[C@H](CO)[C@@H](O)[C@H](O)[C@H]9O)[C@H]8O)[C@H]7O)[C@H]6O)[C@H]5O)[C@H]4O)[C@H]3O)[C@H]2O)[C@H]1O. The first-order valence-corrected chi connectivity index (χ1v) is 46.9. The van der Waals surface area contributed by atoms with Crippen LogP contribution in [0, 0.1) is 0 Å². The molecule has 13 aliphatic rings. The largest absolute Gasteiger partial charge is 0.394 e. The van der Waals surface area contributed by atoms with Crippen LogP contribution in [-0.4, -0.2) is 702 Å². The van der Waals surface area contributed by atoms with Gasteiger partial charge >= 0.3 is 0 Å². The Bertz CT molecular complexity index is 3870. The van der Waals surface area contributed by atoms with Crippen LogP contribution >= 0.6 is 0 Å². The van der Waals surface area contributed by atoms with E-state index < -0.39 is 485 Å². The molecule has 0 unspecified atom stereocenters. The summed E-state index contributed by atoms with van der Waals surface area (Å²) in [6.07, 6.45) is -144. The van der Waals surface area contributed by atoms with Crippen molar-refractivity contribution in [1.29, 1.82) is 0 Å². The number of aliphatic hydroxyl groups excluding tert-OH is 40. The fraction of sp³-hybridized carbons (Fsp3) is 1.00. The second kappa shape index (κ2) is 53.3. The number of ether oxygens (including phenoxy) is 26. The van der Waals surface area contributed by atoms with Crippen LogP contribution in [0.3, 0.4) is 0 Å². The van der Waals surface area contributed by atoms with E-state index in [1.807, 2.05) is 0 Å². The Kier molecular flexibility index (Phi) is 44.0. The molecule has 13 fully saturated rings. The lowest BCUT2D eigenvalue weighted by Crippen LogP contribution is -2.69. The third kappa shape index (κ3) is 25.6. The number of aliphatic hydroxyl groups is 40. The predicted molar refractivity (Wildman–Crippen MR) is 440 cm³/mol. The summed E-state index contributed by atoms with van der Waals surface area (Å²) in [5.74, 6) is 0. The van der Waals surface area contributed by atoms with E-state index in [0.717, 1.165) is 0 Å². The van der Waals surface area contributed by atoms with Crippen molar-refractivity contribution in [3.63, 3.8) is 0 Å². The fourth-order valence-corrected chi connectivity index (χ4v) is 19.1. The van der Waals surface area contributed by atoms with E-state index in [1.165, 1.54) is 0 Å². The summed E-state index contributed by atoms with van der Waals surface area (Å²) in [7, 11) is 0. The third-order valence-corrected chi connectivity index (χ3v) is 27.6. The summed E-state index contributed by atoms with van der Waals surface area (Å²) < 4.78 is 149. The molecule has 0 bridgehead atoms. The molecule has 0 radical (unpaired) electrons. The van der Waals surface area contributed by atoms with Gasteiger partial charge in [-0.15, -0.1) is 0 Å². The molecular formula is C80H137NO66. The highest BCUT2D eigenvalue weighted by Gasteiger charge is 2.64. The van der Waals surface area contributed by atoms with Crippen LogP contribution in [0.1, 0.15) is 0 Å². The van der Waals surface area contributed by atoms with E-state index in [0.29, 0.717) is 0 Å². The van der Waals surface area contributed by atoms with Gasteiger partial charge in [-0.1, -0.05) is 0 Å². The average Bonchev–Trinajstić information content (AvgIpc) is 0.772. The van der Waals surface area contributed by atoms with E-state index >= 15 is 0 Å². The lowest BCUT2D eigenvalue weighted by Gasteiger charge is -2.50. The lowest BCUT2D eigenvalue weighted by molar-refractivity contribution is -0.405. The number of hydrogen-bond acceptors (Lipinski definition) is 67. The molecule has 42 N–H and O–H groups in total. The minimum Gasteiger partial charge on any atom is -0.394 e. The number of hydrogen-bond donors (Lipinski definition) is 41. The van der Waals surface area contributed by atoms with Crippen LogP contribution in [0.25, 0.3) is 0 Å². The van der Waals surface area contributed by atoms with Crippen LogP contribution in [0.15, 0.2) is 0 Å². The monoisotopic (exact) mass is 2170 g/mol. The number of rotatable bonds is 40. The van der Waals surface area contributed by atoms with Gasteiger partial charge in [0.1, 0.15) is 317 Å². The van der Waals surface area contributed by atoms with Crippen LogP contribution in [0.4, 0.5) is 0 Å². The smallest absolute Gasteiger partial charge is 0.187 e. The summed E-state index contributed by atoms with van der Waals surface area (Å²) in [5.41, 5.74) is 5.54. The van der Waals surface area contributed by atoms with Gasteiger partial charge in [0.25, 0.3) is 0 Å². The zero-order chi connectivity index (χ0) is 108. The van der Waals surface area contributed by atoms with E-state index in [1.54, 1.807) is 0 Å². The minimum absolute atomic E-state index is 0.119. The van der Waals surface area contributed by atoms with Gasteiger partial charge in [0, 0.05) is 6.54 Å². The Labute approximate surface area is 829 Å². The molecule has 0 amide bonds. The summed E-state index contributed by atoms with van der Waals surface area (Å²) >= 11 is 0. The molecule has 858 valence electrons. The van der Waals surface area contributed by atoms with Gasteiger partial charge in [-0.3, -0.25) is 0 Å². The van der Waals surface area contributed by atoms with Crippen molar-refractivity contribution >= 4 is 0 Å². The maximum Gasteiger partial charge on any atom is 0.187 e. The first-order chi connectivity index (χ1) is 69.9. The quantitative estimate of drug-likeness (QED) is 0.0271. The zero-order valence-corrected chi connectivity index (χ0v) is 77.2. The molecular weight excluding hydrogens is 2030 g/mol. The highest BCUT2D eigenvalue weighted by Crippen LogP contribution is 2.44. The van der Waals surface area contributed by atoms with Crippen LogP contribution in [0.2, 0.25) is 0 Å². The van der Waals surface area contributed by atoms with Crippen LogP contribution in [0.5, 0.6) is 0 Å². The summed E-state index contributed by atoms with van der Waals surface area (Å²) in [6, 6.07) is 0. The van der Waals surface area contributed by atoms with Gasteiger partial charge in [0.2, 0.25) is 0 Å². The summed E-state index contributed by atoms with van der Waals surface area (Å²) in [5, 5.41) is 449. The Balaban J connectivity index is 0.765. The lowest BCUT2D eigenvalue weighted by atomic mass is 9.94. The van der Waals surface area contributed by atoms with Crippen molar-refractivity contribution in [1.82, 2.24) is 0 Å². The maximum atomic E-state index is 12.7. The molecule has 0 spiro atoms. The van der Waals surface area contributed by atoms with E-state index in [-0.39, 0.29) is 13.2 Å². The third-order valence-electron chi connectivity index (χ3n) is 27.6. The molecule has 147 heavy (non-hydrogen) atoms. The summed E-state index contributed by atoms with van der Waals surface area (Å²) in [6.45, 7) is -15.5. The average molecular weight is 2170 g/mol. The molecule has 67 heteroatoms. The highest BCUT2D eigenvalue weighted by atomic mass is 16.8. The van der Waals surface area contributed by atoms with Crippen molar-refractivity contribution in [2.45, 2.75) is 399 Å². The molecule has 0 aromatic rings. The van der Waals surface area contributed by atoms with Crippen LogP contribution in [-0.2, 0) is 123 Å². The van der Waals surface area contributed by atoms with Crippen LogP contribution < -0.4 is 5.73 Å². The molecule has 65 atom stereocenters. The standard InChI is InChI=1S/C80H137NO66/c81-1-2-122-68-46(111)57(31(96)18(5-84)124-68)139-72-50(115)61(35(100)22(9-88)128-72)143-76-53(118)64(38(103)25(12-91)132-76)144-78-55(120)66(40(105)27(14-93)134-78)146-80-56(121)67(147-79-54(119)65(39(104)26(13-92)135-79)145-77-52(117)63(37(102)24(11-90)133-77)142-75-49(114)60(34(99)21(8-87)131-75)138-71-45(110)43(108)30(95)17(4-83)127-71)41(106)28(136-80)15-123-69-47(112)58(32(97)19(6-85)125-69)140-73-51(116)62(36(101)23(10-89)129-73)141-74-48(113)59(33(98)20(7-86)130-74)137-70-44(109)42(107)29(94)16(3-82)126-70/h16-80,82-121H,1-15,81H2/t16-,17-,18-,19-,20-,21-,22-,23-,24-,25-,26-,27-,28-,29-,30-,31-,32-,33-,34-,35-,36-,37-,38-,39-,40-,41-,42+,43+,44-,45-,46-,47-,48-,49-,50-,51-,52-,53-,54-,55-,56-,57+,58+,59+,60+,61+,62+,63+,64+,65+,66+,67+,68-,69-,70+,71+,72+,73+,74+,75+,76+,77+,78+,79+,80+/m1/s1. The Hall–Kier alpha value is -2.68. The zero-order valence-electron chi connectivity index (χ0n) is 77.2. The molecule has 67 nitrogen and oxygen atoms in total. The maximum absolute atomic E-state index is 12.7.